The first-order valence-electron chi connectivity index (χ1n) is 12.5. The summed E-state index contributed by atoms with van der Waals surface area (Å²) in [6.07, 6.45) is 3.27. The van der Waals surface area contributed by atoms with Crippen LogP contribution >= 0.6 is 11.8 Å². The molecule has 2 aromatic carbocycles. The molecule has 3 amide bonds. The van der Waals surface area contributed by atoms with E-state index in [-0.39, 0.29) is 35.8 Å². The van der Waals surface area contributed by atoms with Crippen molar-refractivity contribution in [2.45, 2.75) is 49.7 Å². The largest absolute Gasteiger partial charge is 0.445 e. The Morgan fingerprint density at radius 3 is 2.39 bits per heavy atom. The highest BCUT2D eigenvalue weighted by Gasteiger charge is 2.46. The van der Waals surface area contributed by atoms with Crippen molar-refractivity contribution in [3.05, 3.63) is 65.7 Å². The minimum atomic E-state index is -0.649. The Kier molecular flexibility index (Phi) is 7.77. The van der Waals surface area contributed by atoms with Crippen molar-refractivity contribution in [2.75, 3.05) is 24.3 Å². The van der Waals surface area contributed by atoms with Crippen molar-refractivity contribution in [2.24, 2.45) is 5.92 Å². The molecule has 1 saturated carbocycles. The number of nitrogens with one attached hydrogen (secondary N) is 2. The lowest BCUT2D eigenvalue weighted by molar-refractivity contribution is -0.120. The number of ether oxygens (including phenoxy) is 2. The summed E-state index contributed by atoms with van der Waals surface area (Å²) in [7, 11) is 0. The van der Waals surface area contributed by atoms with E-state index in [9.17, 15) is 14.4 Å². The normalized spacial score (nSPS) is 22.2. The molecule has 3 fully saturated rings. The number of nitrogens with zero attached hydrogens (tertiary/aromatic N) is 1. The summed E-state index contributed by atoms with van der Waals surface area (Å²) in [5.74, 6) is 0.379. The number of carbonyl (C=O) groups is 3. The van der Waals surface area contributed by atoms with Crippen LogP contribution in [0.3, 0.4) is 0 Å². The van der Waals surface area contributed by atoms with Crippen LogP contribution in [0.5, 0.6) is 0 Å². The highest BCUT2D eigenvalue weighted by molar-refractivity contribution is 8.00. The molecule has 0 spiro atoms. The Balaban J connectivity index is 1.26. The van der Waals surface area contributed by atoms with Crippen LogP contribution in [0.2, 0.25) is 0 Å². The second-order valence-corrected chi connectivity index (χ2v) is 10.6. The van der Waals surface area contributed by atoms with Gasteiger partial charge in [-0.2, -0.15) is 0 Å². The summed E-state index contributed by atoms with van der Waals surface area (Å²) >= 11 is 1.63. The Labute approximate surface area is 215 Å². The lowest BCUT2D eigenvalue weighted by atomic mass is 9.99. The number of anilines is 1. The topological polar surface area (TPSA) is 97.0 Å². The molecule has 2 N–H and O–H groups in total. The van der Waals surface area contributed by atoms with Crippen LogP contribution in [-0.4, -0.2) is 59.2 Å². The van der Waals surface area contributed by atoms with Crippen molar-refractivity contribution < 1.29 is 23.9 Å². The van der Waals surface area contributed by atoms with Crippen LogP contribution in [0.15, 0.2) is 54.6 Å². The van der Waals surface area contributed by atoms with Gasteiger partial charge in [0.25, 0.3) is 5.91 Å². The standard InChI is InChI=1S/C27H31N3O5S/c31-24(28-22-10-11-22)19-6-8-21(9-7-19)29-25(32)23-17-36-26(20-12-14-34-15-13-20)30(23)27(33)35-16-18-4-2-1-3-5-18/h1-9,20,22-23,26H,10-17H2,(H,28,31)(H,29,32)/t23-,26?/m0/s1. The number of rotatable bonds is 7. The third-order valence-electron chi connectivity index (χ3n) is 6.75. The third-order valence-corrected chi connectivity index (χ3v) is 8.21. The third kappa shape index (κ3) is 6.02. The van der Waals surface area contributed by atoms with E-state index in [0.29, 0.717) is 30.2 Å². The molecule has 2 atom stereocenters. The van der Waals surface area contributed by atoms with Gasteiger partial charge in [0.2, 0.25) is 5.91 Å². The van der Waals surface area contributed by atoms with Gasteiger partial charge in [0.1, 0.15) is 12.6 Å². The van der Waals surface area contributed by atoms with Crippen LogP contribution in [0.4, 0.5) is 10.5 Å². The Morgan fingerprint density at radius 2 is 1.69 bits per heavy atom. The van der Waals surface area contributed by atoms with Gasteiger partial charge in [-0.1, -0.05) is 30.3 Å². The minimum Gasteiger partial charge on any atom is -0.445 e. The fraction of sp³-hybridized carbons (Fsp3) is 0.444. The Morgan fingerprint density at radius 1 is 0.972 bits per heavy atom. The molecule has 3 aliphatic rings. The summed E-state index contributed by atoms with van der Waals surface area (Å²) in [5, 5.41) is 5.75. The second kappa shape index (κ2) is 11.3. The average Bonchev–Trinajstić information content (AvgIpc) is 3.62. The van der Waals surface area contributed by atoms with E-state index in [4.69, 9.17) is 9.47 Å². The molecule has 2 heterocycles. The second-order valence-electron chi connectivity index (χ2n) is 9.45. The number of amides is 3. The van der Waals surface area contributed by atoms with Gasteiger partial charge >= 0.3 is 6.09 Å². The van der Waals surface area contributed by atoms with E-state index in [1.165, 1.54) is 0 Å². The van der Waals surface area contributed by atoms with Crippen LogP contribution < -0.4 is 10.6 Å². The lowest BCUT2D eigenvalue weighted by Gasteiger charge is -2.34. The van der Waals surface area contributed by atoms with Gasteiger partial charge in [0.15, 0.2) is 0 Å². The van der Waals surface area contributed by atoms with Crippen molar-refractivity contribution >= 4 is 35.4 Å². The molecule has 1 unspecified atom stereocenters. The number of hydrogen-bond donors (Lipinski definition) is 2. The fourth-order valence-electron chi connectivity index (χ4n) is 4.55. The van der Waals surface area contributed by atoms with E-state index in [1.807, 2.05) is 30.3 Å². The zero-order valence-electron chi connectivity index (χ0n) is 20.1. The molecule has 2 aromatic rings. The highest BCUT2D eigenvalue weighted by Crippen LogP contribution is 2.39. The van der Waals surface area contributed by atoms with E-state index in [1.54, 1.807) is 40.9 Å². The van der Waals surface area contributed by atoms with Gasteiger partial charge in [-0.25, -0.2) is 4.79 Å². The van der Waals surface area contributed by atoms with Gasteiger partial charge < -0.3 is 20.1 Å². The molecule has 0 aromatic heterocycles. The van der Waals surface area contributed by atoms with E-state index < -0.39 is 12.1 Å². The number of carbonyl (C=O) groups excluding carboxylic acids is 3. The summed E-state index contributed by atoms with van der Waals surface area (Å²) in [6.45, 7) is 1.47. The maximum Gasteiger partial charge on any atom is 0.411 e. The van der Waals surface area contributed by atoms with Gasteiger partial charge in [-0.05, 0) is 61.4 Å². The zero-order valence-corrected chi connectivity index (χ0v) is 20.9. The molecule has 2 saturated heterocycles. The highest BCUT2D eigenvalue weighted by atomic mass is 32.2. The van der Waals surface area contributed by atoms with Crippen molar-refractivity contribution in [1.82, 2.24) is 10.2 Å². The van der Waals surface area contributed by atoms with E-state index in [0.717, 1.165) is 31.2 Å². The molecular weight excluding hydrogens is 478 g/mol. The number of benzene rings is 2. The molecule has 1 aliphatic carbocycles. The summed E-state index contributed by atoms with van der Waals surface area (Å²) in [4.78, 5) is 40.5. The number of thioether (sulfide) groups is 1. The van der Waals surface area contributed by atoms with Gasteiger partial charge in [-0.3, -0.25) is 14.5 Å². The lowest BCUT2D eigenvalue weighted by Crippen LogP contribution is -2.50. The van der Waals surface area contributed by atoms with Gasteiger partial charge in [0.05, 0.1) is 5.37 Å². The maximum atomic E-state index is 13.3. The molecule has 9 heteroatoms. The number of hydrogen-bond acceptors (Lipinski definition) is 6. The first-order chi connectivity index (χ1) is 17.6. The van der Waals surface area contributed by atoms with E-state index >= 15 is 0 Å². The quantitative estimate of drug-likeness (QED) is 0.585. The predicted molar refractivity (Wildman–Crippen MR) is 138 cm³/mol. The minimum absolute atomic E-state index is 0.103. The molecule has 0 bridgehead atoms. The Hall–Kier alpha value is -3.04. The predicted octanol–water partition coefficient (Wildman–Crippen LogP) is 4.02. The van der Waals surface area contributed by atoms with Crippen LogP contribution in [0.25, 0.3) is 0 Å². The Bertz CT molecular complexity index is 1070. The molecule has 190 valence electrons. The van der Waals surface area contributed by atoms with Crippen molar-refractivity contribution in [3.63, 3.8) is 0 Å². The molecule has 2 aliphatic heterocycles. The summed E-state index contributed by atoms with van der Waals surface area (Å²) < 4.78 is 11.2. The summed E-state index contributed by atoms with van der Waals surface area (Å²) in [6, 6.07) is 16.0. The smallest absolute Gasteiger partial charge is 0.411 e. The van der Waals surface area contributed by atoms with Crippen LogP contribution in [0, 0.1) is 5.92 Å². The van der Waals surface area contributed by atoms with E-state index in [2.05, 4.69) is 10.6 Å². The molecule has 0 radical (unpaired) electrons. The molecule has 5 rings (SSSR count). The van der Waals surface area contributed by atoms with Gasteiger partial charge in [-0.15, -0.1) is 11.8 Å². The SMILES string of the molecule is O=C(NC1CC1)c1ccc(NC(=O)[C@@H]2CSC(C3CCOCC3)N2C(=O)OCc2ccccc2)cc1. The van der Waals surface area contributed by atoms with Gasteiger partial charge in [0, 0.05) is 36.3 Å². The molecule has 36 heavy (non-hydrogen) atoms. The van der Waals surface area contributed by atoms with Crippen LogP contribution in [-0.2, 0) is 20.9 Å². The maximum absolute atomic E-state index is 13.3. The van der Waals surface area contributed by atoms with Crippen molar-refractivity contribution in [3.8, 4) is 0 Å². The monoisotopic (exact) mass is 509 g/mol. The van der Waals surface area contributed by atoms with Crippen LogP contribution in [0.1, 0.15) is 41.6 Å². The zero-order chi connectivity index (χ0) is 24.9. The molecule has 8 nitrogen and oxygen atoms in total. The fourth-order valence-corrected chi connectivity index (χ4v) is 6.18. The van der Waals surface area contributed by atoms with Crippen molar-refractivity contribution in [1.29, 1.82) is 0 Å². The molecular formula is C27H31N3O5S. The average molecular weight is 510 g/mol. The first-order valence-corrected chi connectivity index (χ1v) is 13.5. The first kappa shape index (κ1) is 24.6. The summed E-state index contributed by atoms with van der Waals surface area (Å²) in [5.41, 5.74) is 2.04.